The Bertz CT molecular complexity index is 1720. The monoisotopic (exact) mass is 451 g/mol. The number of hydrogen-bond acceptors (Lipinski definition) is 1. The molecule has 1 saturated carbocycles. The van der Waals surface area contributed by atoms with E-state index in [1.165, 1.54) is 51.5 Å². The first-order valence-electron chi connectivity index (χ1n) is 12.2. The molecule has 2 unspecified atom stereocenters. The normalized spacial score (nSPS) is 25.6. The lowest BCUT2D eigenvalue weighted by Gasteiger charge is -2.38. The van der Waals surface area contributed by atoms with Gasteiger partial charge in [0.2, 0.25) is 5.78 Å². The largest absolute Gasteiger partial charge is 0.282 e. The third-order valence-electron chi connectivity index (χ3n) is 9.68. The maximum absolute atomic E-state index is 7.29. The molecule has 0 saturated heterocycles. The highest BCUT2D eigenvalue weighted by Gasteiger charge is 2.61. The highest BCUT2D eigenvalue weighted by atomic mass is 35.5. The van der Waals surface area contributed by atoms with Crippen molar-refractivity contribution in [2.24, 2.45) is 16.7 Å². The van der Waals surface area contributed by atoms with Crippen LogP contribution in [0.5, 0.6) is 0 Å². The molecule has 0 amide bonds. The molecule has 2 aromatic heterocycles. The number of nitrogens with zero attached hydrogens (tertiary/aromatic N) is 3. The summed E-state index contributed by atoms with van der Waals surface area (Å²) in [6.45, 7) is 7.25. The Hall–Kier alpha value is -2.78. The first kappa shape index (κ1) is 18.6. The van der Waals surface area contributed by atoms with E-state index in [0.717, 1.165) is 34.7 Å². The first-order valence-corrected chi connectivity index (χ1v) is 12.6. The molecule has 33 heavy (non-hydrogen) atoms. The topological polar surface area (TPSA) is 22.2 Å². The van der Waals surface area contributed by atoms with Crippen LogP contribution in [0.2, 0.25) is 0 Å². The molecule has 4 heteroatoms. The van der Waals surface area contributed by atoms with E-state index in [0.29, 0.717) is 5.92 Å². The molecule has 0 N–H and O–H groups in total. The number of imidazole rings is 1. The lowest BCUT2D eigenvalue weighted by molar-refractivity contribution is 0.184. The predicted molar refractivity (Wildman–Crippen MR) is 137 cm³/mol. The Kier molecular flexibility index (Phi) is 3.18. The van der Waals surface area contributed by atoms with Crippen LogP contribution < -0.4 is 0 Å². The van der Waals surface area contributed by atoms with Crippen LogP contribution in [-0.2, 0) is 12.8 Å². The molecule has 3 aliphatic carbocycles. The average molecular weight is 452 g/mol. The Balaban J connectivity index is 1.66. The summed E-state index contributed by atoms with van der Waals surface area (Å²) in [6, 6.07) is 17.8. The second-order valence-corrected chi connectivity index (χ2v) is 11.6. The minimum absolute atomic E-state index is 0.0119. The lowest BCUT2D eigenvalue weighted by Crippen LogP contribution is -2.31. The number of allylic oxidation sites excluding steroid dienone is 2. The summed E-state index contributed by atoms with van der Waals surface area (Å²) < 4.78 is 4.82. The number of fused-ring (bicyclic) bond motifs is 6. The van der Waals surface area contributed by atoms with Crippen LogP contribution in [0.4, 0.5) is 0 Å². The fraction of sp³-hybridized carbons (Fsp3) is 0.345. The number of halogens is 1. The van der Waals surface area contributed by atoms with Crippen molar-refractivity contribution in [2.45, 2.75) is 46.5 Å². The number of aromatic nitrogens is 3. The van der Waals surface area contributed by atoms with Crippen LogP contribution in [0.1, 0.15) is 44.7 Å². The standard InChI is InChI=1S/C29H26ClN3/c1-28(2)18-14-15-29(28,3)26(25(18)30)33-22-13-11-17-9-8-16-10-12-21(24(22)23(16)17)32-20-7-5-4-6-19(20)31-27(32)33/h4-7,10-13,18H,8-9,14-15H2,1-3H3. The fourth-order valence-corrected chi connectivity index (χ4v) is 8.22. The molecule has 3 nitrogen and oxygen atoms in total. The van der Waals surface area contributed by atoms with Gasteiger partial charge < -0.3 is 0 Å². The van der Waals surface area contributed by atoms with Crippen molar-refractivity contribution in [1.29, 1.82) is 0 Å². The van der Waals surface area contributed by atoms with E-state index in [2.05, 4.69) is 78.3 Å². The van der Waals surface area contributed by atoms with Gasteiger partial charge in [0.1, 0.15) is 0 Å². The van der Waals surface area contributed by atoms with E-state index in [-0.39, 0.29) is 10.8 Å². The highest BCUT2D eigenvalue weighted by Crippen LogP contribution is 2.70. The molecule has 0 spiro atoms. The second kappa shape index (κ2) is 5.64. The molecule has 3 aliphatic rings. The number of para-hydroxylation sites is 2. The minimum atomic E-state index is 0.0119. The van der Waals surface area contributed by atoms with Gasteiger partial charge in [0, 0.05) is 27.4 Å². The summed E-state index contributed by atoms with van der Waals surface area (Å²) >= 11 is 7.29. The molecule has 2 bridgehead atoms. The number of hydrogen-bond donors (Lipinski definition) is 0. The maximum atomic E-state index is 7.29. The van der Waals surface area contributed by atoms with Crippen molar-refractivity contribution >= 4 is 55.9 Å². The van der Waals surface area contributed by atoms with Crippen LogP contribution in [0.15, 0.2) is 53.6 Å². The zero-order chi connectivity index (χ0) is 22.3. The van der Waals surface area contributed by atoms with Gasteiger partial charge in [-0.3, -0.25) is 8.97 Å². The molecule has 0 radical (unpaired) electrons. The van der Waals surface area contributed by atoms with Crippen LogP contribution in [-0.4, -0.2) is 14.0 Å². The van der Waals surface area contributed by atoms with Gasteiger partial charge in [-0.1, -0.05) is 56.6 Å². The van der Waals surface area contributed by atoms with Crippen molar-refractivity contribution < 1.29 is 0 Å². The molecular formula is C29H26ClN3. The summed E-state index contributed by atoms with van der Waals surface area (Å²) in [5.41, 5.74) is 9.03. The van der Waals surface area contributed by atoms with Gasteiger partial charge in [0.15, 0.2) is 0 Å². The Morgan fingerprint density at radius 2 is 1.61 bits per heavy atom. The summed E-state index contributed by atoms with van der Waals surface area (Å²) in [7, 11) is 0. The number of benzene rings is 3. The smallest absolute Gasteiger partial charge is 0.220 e. The average Bonchev–Trinajstić information content (AvgIpc) is 3.49. The van der Waals surface area contributed by atoms with Crippen molar-refractivity contribution in [3.8, 4) is 0 Å². The fourth-order valence-electron chi connectivity index (χ4n) is 7.54. The minimum Gasteiger partial charge on any atom is -0.282 e. The van der Waals surface area contributed by atoms with Gasteiger partial charge in [-0.25, -0.2) is 4.98 Å². The molecule has 3 aromatic carbocycles. The summed E-state index contributed by atoms with van der Waals surface area (Å²) in [4.78, 5) is 5.22. The molecule has 2 atom stereocenters. The van der Waals surface area contributed by atoms with Crippen LogP contribution in [0.3, 0.4) is 0 Å². The number of rotatable bonds is 1. The third kappa shape index (κ3) is 1.92. The summed E-state index contributed by atoms with van der Waals surface area (Å²) in [5.74, 6) is 1.39. The highest BCUT2D eigenvalue weighted by molar-refractivity contribution is 6.33. The third-order valence-corrected chi connectivity index (χ3v) is 10.1. The molecule has 1 fully saturated rings. The summed E-state index contributed by atoms with van der Waals surface area (Å²) in [5, 5.41) is 3.85. The van der Waals surface area contributed by atoms with Crippen LogP contribution >= 0.6 is 11.6 Å². The van der Waals surface area contributed by atoms with Gasteiger partial charge in [-0.05, 0) is 71.9 Å². The molecule has 0 aliphatic heterocycles. The Morgan fingerprint density at radius 3 is 2.33 bits per heavy atom. The van der Waals surface area contributed by atoms with Crippen molar-refractivity contribution in [1.82, 2.24) is 14.0 Å². The van der Waals surface area contributed by atoms with Gasteiger partial charge in [0.05, 0.1) is 22.1 Å². The van der Waals surface area contributed by atoms with Gasteiger partial charge in [-0.15, -0.1) is 0 Å². The SMILES string of the molecule is CC12CCC(C(Cl)=C1n1c3ccc4c5c(ccc(c53)n3c5ccccc5nc13)CC4)C2(C)C. The van der Waals surface area contributed by atoms with Gasteiger partial charge >= 0.3 is 0 Å². The van der Waals surface area contributed by atoms with Crippen LogP contribution in [0, 0.1) is 16.7 Å². The van der Waals surface area contributed by atoms with Crippen LogP contribution in [0.25, 0.3) is 44.3 Å². The Morgan fingerprint density at radius 1 is 0.879 bits per heavy atom. The second-order valence-electron chi connectivity index (χ2n) is 11.2. The van der Waals surface area contributed by atoms with Crippen molar-refractivity contribution in [3.63, 3.8) is 0 Å². The van der Waals surface area contributed by atoms with E-state index in [4.69, 9.17) is 16.6 Å². The van der Waals surface area contributed by atoms with Gasteiger partial charge in [0.25, 0.3) is 0 Å². The Labute approximate surface area is 197 Å². The zero-order valence-corrected chi connectivity index (χ0v) is 20.0. The molecular weight excluding hydrogens is 426 g/mol. The van der Waals surface area contributed by atoms with Crippen molar-refractivity contribution in [2.75, 3.05) is 0 Å². The van der Waals surface area contributed by atoms with Gasteiger partial charge in [-0.2, -0.15) is 0 Å². The molecule has 5 aromatic rings. The number of aryl methyl sites for hydroxylation is 2. The quantitative estimate of drug-likeness (QED) is 0.258. The van der Waals surface area contributed by atoms with E-state index < -0.39 is 0 Å². The zero-order valence-electron chi connectivity index (χ0n) is 19.2. The molecule has 8 rings (SSSR count). The predicted octanol–water partition coefficient (Wildman–Crippen LogP) is 7.56. The lowest BCUT2D eigenvalue weighted by atomic mass is 9.69. The molecule has 164 valence electrons. The van der Waals surface area contributed by atoms with E-state index >= 15 is 0 Å². The van der Waals surface area contributed by atoms with E-state index in [1.54, 1.807) is 0 Å². The van der Waals surface area contributed by atoms with Crippen molar-refractivity contribution in [3.05, 3.63) is 64.7 Å². The molecule has 2 heterocycles. The maximum Gasteiger partial charge on any atom is 0.220 e. The van der Waals surface area contributed by atoms with E-state index in [1.807, 2.05) is 0 Å². The van der Waals surface area contributed by atoms with E-state index in [9.17, 15) is 0 Å². The summed E-state index contributed by atoms with van der Waals surface area (Å²) in [6.07, 6.45) is 4.60. The first-order chi connectivity index (χ1) is 15.9.